The molecule has 0 saturated heterocycles. The van der Waals surface area contributed by atoms with E-state index in [-0.39, 0.29) is 16.1 Å². The molecular weight excluding hydrogens is 350 g/mol. The fourth-order valence-corrected chi connectivity index (χ4v) is 4.43. The summed E-state index contributed by atoms with van der Waals surface area (Å²) in [6, 6.07) is 7.01. The standard InChI is InChI=1S/C19H17N3O3S/c1-4-5-12-9-14(23)22-15-16(26-19(22)20-12)18(25)21(17(15)24)13-7-10(2)6-11(3)8-13/h6-9H,4-5H2,1-3H3. The molecule has 4 rings (SSSR count). The molecule has 2 aromatic heterocycles. The summed E-state index contributed by atoms with van der Waals surface area (Å²) >= 11 is 1.10. The summed E-state index contributed by atoms with van der Waals surface area (Å²) in [6.45, 7) is 5.83. The Bertz CT molecular complexity index is 1120. The highest BCUT2D eigenvalue weighted by atomic mass is 32.1. The van der Waals surface area contributed by atoms with E-state index in [1.54, 1.807) is 12.1 Å². The molecule has 3 aromatic rings. The van der Waals surface area contributed by atoms with Crippen molar-refractivity contribution >= 4 is 33.8 Å². The van der Waals surface area contributed by atoms with E-state index in [9.17, 15) is 14.4 Å². The first-order valence-corrected chi connectivity index (χ1v) is 9.25. The summed E-state index contributed by atoms with van der Waals surface area (Å²) in [5.74, 6) is -0.879. The second kappa shape index (κ2) is 5.88. The highest BCUT2D eigenvalue weighted by Crippen LogP contribution is 2.33. The Labute approximate surface area is 153 Å². The van der Waals surface area contributed by atoms with Crippen LogP contribution in [-0.2, 0) is 6.42 Å². The molecule has 0 bridgehead atoms. The molecule has 0 radical (unpaired) electrons. The maximum absolute atomic E-state index is 13.0. The lowest BCUT2D eigenvalue weighted by atomic mass is 10.1. The van der Waals surface area contributed by atoms with Gasteiger partial charge in [0.25, 0.3) is 17.4 Å². The van der Waals surface area contributed by atoms with Gasteiger partial charge >= 0.3 is 0 Å². The van der Waals surface area contributed by atoms with Gasteiger partial charge in [0.1, 0.15) is 10.6 Å². The predicted molar refractivity (Wildman–Crippen MR) is 100 cm³/mol. The summed E-state index contributed by atoms with van der Waals surface area (Å²) in [4.78, 5) is 44.7. The van der Waals surface area contributed by atoms with Crippen molar-refractivity contribution in [3.05, 3.63) is 62.0 Å². The van der Waals surface area contributed by atoms with Gasteiger partial charge in [0, 0.05) is 11.8 Å². The van der Waals surface area contributed by atoms with Crippen LogP contribution >= 0.6 is 11.3 Å². The molecule has 0 fully saturated rings. The molecule has 6 nitrogen and oxygen atoms in total. The van der Waals surface area contributed by atoms with Crippen LogP contribution in [0, 0.1) is 13.8 Å². The smallest absolute Gasteiger partial charge is 0.269 e. The molecule has 2 amide bonds. The molecule has 0 saturated carbocycles. The lowest BCUT2D eigenvalue weighted by Crippen LogP contribution is -2.31. The van der Waals surface area contributed by atoms with Gasteiger partial charge in [0.05, 0.1) is 5.69 Å². The zero-order valence-corrected chi connectivity index (χ0v) is 15.5. The first-order valence-electron chi connectivity index (χ1n) is 8.43. The van der Waals surface area contributed by atoms with Crippen LogP contribution in [0.1, 0.15) is 50.3 Å². The van der Waals surface area contributed by atoms with Gasteiger partial charge in [-0.15, -0.1) is 0 Å². The summed E-state index contributed by atoms with van der Waals surface area (Å²) in [5, 5.41) is 0. The number of aromatic nitrogens is 2. The number of imide groups is 1. The largest absolute Gasteiger partial charge is 0.284 e. The van der Waals surface area contributed by atoms with Crippen LogP contribution in [0.2, 0.25) is 0 Å². The predicted octanol–water partition coefficient (Wildman–Crippen LogP) is 3.13. The Balaban J connectivity index is 1.89. The lowest BCUT2D eigenvalue weighted by Gasteiger charge is -2.15. The van der Waals surface area contributed by atoms with Gasteiger partial charge in [-0.3, -0.25) is 14.4 Å². The molecule has 3 heterocycles. The zero-order valence-electron chi connectivity index (χ0n) is 14.7. The number of hydrogen-bond acceptors (Lipinski definition) is 5. The molecule has 132 valence electrons. The Morgan fingerprint density at radius 1 is 1.00 bits per heavy atom. The van der Waals surface area contributed by atoms with E-state index in [1.807, 2.05) is 26.8 Å². The van der Waals surface area contributed by atoms with Crippen LogP contribution < -0.4 is 10.5 Å². The zero-order chi connectivity index (χ0) is 18.6. The highest BCUT2D eigenvalue weighted by Gasteiger charge is 2.41. The minimum Gasteiger partial charge on any atom is -0.269 e. The Morgan fingerprint density at radius 3 is 2.35 bits per heavy atom. The van der Waals surface area contributed by atoms with E-state index in [2.05, 4.69) is 4.98 Å². The van der Waals surface area contributed by atoms with E-state index < -0.39 is 11.8 Å². The third-order valence-corrected chi connectivity index (χ3v) is 5.38. The first-order chi connectivity index (χ1) is 12.4. The number of carbonyl (C=O) groups excluding carboxylic acids is 2. The fraction of sp³-hybridized carbons (Fsp3) is 0.263. The van der Waals surface area contributed by atoms with Crippen LogP contribution in [-0.4, -0.2) is 21.2 Å². The molecule has 26 heavy (non-hydrogen) atoms. The van der Waals surface area contributed by atoms with Crippen molar-refractivity contribution in [1.29, 1.82) is 0 Å². The molecule has 1 aliphatic rings. The SMILES string of the molecule is CCCc1cc(=O)n2c3c(sc2n1)C(=O)N(c1cc(C)cc(C)c1)C3=O. The molecule has 0 spiro atoms. The van der Waals surface area contributed by atoms with Crippen molar-refractivity contribution in [2.75, 3.05) is 4.90 Å². The molecular formula is C19H17N3O3S. The number of hydrogen-bond donors (Lipinski definition) is 0. The lowest BCUT2D eigenvalue weighted by molar-refractivity contribution is 0.0925. The molecule has 0 atom stereocenters. The van der Waals surface area contributed by atoms with Crippen LogP contribution in [0.25, 0.3) is 4.96 Å². The van der Waals surface area contributed by atoms with Crippen LogP contribution in [0.5, 0.6) is 0 Å². The third-order valence-electron chi connectivity index (χ3n) is 4.35. The Kier molecular flexibility index (Phi) is 3.77. The van der Waals surface area contributed by atoms with Gasteiger partial charge in [0.15, 0.2) is 4.96 Å². The number of fused-ring (bicyclic) bond motifs is 3. The summed E-state index contributed by atoms with van der Waals surface area (Å²) < 4.78 is 1.27. The fourth-order valence-electron chi connectivity index (χ4n) is 3.36. The topological polar surface area (TPSA) is 71.8 Å². The summed E-state index contributed by atoms with van der Waals surface area (Å²) in [6.07, 6.45) is 1.55. The number of benzene rings is 1. The van der Waals surface area contributed by atoms with Gasteiger partial charge in [-0.2, -0.15) is 0 Å². The first kappa shape index (κ1) is 16.7. The van der Waals surface area contributed by atoms with Gasteiger partial charge in [0.2, 0.25) is 0 Å². The molecule has 0 aliphatic carbocycles. The maximum Gasteiger partial charge on any atom is 0.284 e. The van der Waals surface area contributed by atoms with Gasteiger partial charge in [-0.25, -0.2) is 14.3 Å². The van der Waals surface area contributed by atoms with Crippen LogP contribution in [0.15, 0.2) is 29.1 Å². The van der Waals surface area contributed by atoms with Gasteiger partial charge in [-0.1, -0.05) is 30.7 Å². The van der Waals surface area contributed by atoms with E-state index >= 15 is 0 Å². The van der Waals surface area contributed by atoms with Crippen molar-refractivity contribution in [2.24, 2.45) is 0 Å². The summed E-state index contributed by atoms with van der Waals surface area (Å²) in [5.41, 5.74) is 2.93. The molecule has 7 heteroatoms. The number of anilines is 1. The number of rotatable bonds is 3. The van der Waals surface area contributed by atoms with E-state index in [0.29, 0.717) is 22.8 Å². The van der Waals surface area contributed by atoms with Crippen molar-refractivity contribution in [3.63, 3.8) is 0 Å². The molecule has 1 aromatic carbocycles. The van der Waals surface area contributed by atoms with Crippen LogP contribution in [0.4, 0.5) is 5.69 Å². The average Bonchev–Trinajstić information content (AvgIpc) is 3.04. The quantitative estimate of drug-likeness (QED) is 0.667. The third kappa shape index (κ3) is 2.39. The minimum atomic E-state index is -0.478. The Hall–Kier alpha value is -2.80. The number of carbonyl (C=O) groups is 2. The van der Waals surface area contributed by atoms with E-state index in [0.717, 1.165) is 33.8 Å². The normalized spacial score (nSPS) is 13.7. The monoisotopic (exact) mass is 367 g/mol. The van der Waals surface area contributed by atoms with Crippen LogP contribution in [0.3, 0.4) is 0 Å². The van der Waals surface area contributed by atoms with Crippen molar-refractivity contribution in [1.82, 2.24) is 9.38 Å². The van der Waals surface area contributed by atoms with E-state index in [4.69, 9.17) is 0 Å². The summed E-state index contributed by atoms with van der Waals surface area (Å²) in [7, 11) is 0. The molecule has 0 unspecified atom stereocenters. The molecule has 0 N–H and O–H groups in total. The minimum absolute atomic E-state index is 0.120. The molecule has 1 aliphatic heterocycles. The van der Waals surface area contributed by atoms with Crippen molar-refractivity contribution in [3.8, 4) is 0 Å². The second-order valence-electron chi connectivity index (χ2n) is 6.53. The second-order valence-corrected chi connectivity index (χ2v) is 7.50. The Morgan fingerprint density at radius 2 is 1.69 bits per heavy atom. The maximum atomic E-state index is 13.0. The van der Waals surface area contributed by atoms with Crippen molar-refractivity contribution < 1.29 is 9.59 Å². The average molecular weight is 367 g/mol. The number of nitrogens with zero attached hydrogens (tertiary/aromatic N) is 3. The van der Waals surface area contributed by atoms with Gasteiger partial charge < -0.3 is 0 Å². The highest BCUT2D eigenvalue weighted by molar-refractivity contribution is 7.19. The number of aryl methyl sites for hydroxylation is 3. The number of thiazole rings is 1. The van der Waals surface area contributed by atoms with Crippen molar-refractivity contribution in [2.45, 2.75) is 33.6 Å². The number of amides is 2. The van der Waals surface area contributed by atoms with Gasteiger partial charge in [-0.05, 0) is 43.5 Å². The van der Waals surface area contributed by atoms with E-state index in [1.165, 1.54) is 10.5 Å².